The molecule has 1 atom stereocenters. The minimum atomic E-state index is -0.637. The van der Waals surface area contributed by atoms with Crippen LogP contribution in [0.1, 0.15) is 24.5 Å². The van der Waals surface area contributed by atoms with Gasteiger partial charge >= 0.3 is 0 Å². The molecule has 1 aliphatic rings. The number of benzene rings is 1. The van der Waals surface area contributed by atoms with Crippen molar-refractivity contribution in [2.75, 3.05) is 0 Å². The van der Waals surface area contributed by atoms with Gasteiger partial charge in [-0.3, -0.25) is 0 Å². The van der Waals surface area contributed by atoms with Gasteiger partial charge in [0.15, 0.2) is 0 Å². The number of halogens is 1. The zero-order valence-electron chi connectivity index (χ0n) is 8.36. The predicted octanol–water partition coefficient (Wildman–Crippen LogP) is 3.14. The molecule has 1 aromatic carbocycles. The molecular formula is C13H13FO. The topological polar surface area (TPSA) is 20.2 Å². The number of aliphatic hydroxyl groups is 1. The van der Waals surface area contributed by atoms with Crippen LogP contribution >= 0.6 is 0 Å². The molecule has 0 spiro atoms. The highest BCUT2D eigenvalue weighted by Gasteiger charge is 2.12. The molecule has 0 fully saturated rings. The summed E-state index contributed by atoms with van der Waals surface area (Å²) in [5.74, 6) is -0.279. The molecule has 0 heterocycles. The fraction of sp³-hybridized carbons (Fsp3) is 0.231. The molecule has 0 saturated carbocycles. The predicted molar refractivity (Wildman–Crippen MR) is 57.8 cm³/mol. The van der Waals surface area contributed by atoms with Gasteiger partial charge in [-0.25, -0.2) is 4.39 Å². The molecule has 0 amide bonds. The molecule has 78 valence electrons. The Morgan fingerprint density at radius 2 is 1.87 bits per heavy atom. The summed E-state index contributed by atoms with van der Waals surface area (Å²) < 4.78 is 12.7. The minimum Gasteiger partial charge on any atom is -0.384 e. The lowest BCUT2D eigenvalue weighted by molar-refractivity contribution is 0.218. The monoisotopic (exact) mass is 204 g/mol. The van der Waals surface area contributed by atoms with Gasteiger partial charge in [-0.15, -0.1) is 0 Å². The standard InChI is InChI=1S/C13H13FO/c14-12-8-6-11(7-9-12)13(15)10-4-2-1-3-5-10/h2,4-9,13,15H,1,3H2. The zero-order valence-corrected chi connectivity index (χ0v) is 8.36. The Kier molecular flexibility index (Phi) is 2.97. The van der Waals surface area contributed by atoms with Gasteiger partial charge in [-0.2, -0.15) is 0 Å². The summed E-state index contributed by atoms with van der Waals surface area (Å²) in [6.07, 6.45) is 7.35. The second kappa shape index (κ2) is 4.41. The van der Waals surface area contributed by atoms with E-state index < -0.39 is 6.10 Å². The van der Waals surface area contributed by atoms with Crippen LogP contribution in [-0.2, 0) is 0 Å². The zero-order chi connectivity index (χ0) is 10.7. The summed E-state index contributed by atoms with van der Waals surface area (Å²) in [5.41, 5.74) is 1.63. The summed E-state index contributed by atoms with van der Waals surface area (Å²) in [7, 11) is 0. The Hall–Kier alpha value is -1.41. The van der Waals surface area contributed by atoms with Crippen LogP contribution in [0.25, 0.3) is 0 Å². The van der Waals surface area contributed by atoms with Crippen LogP contribution < -0.4 is 0 Å². The van der Waals surface area contributed by atoms with Crippen molar-refractivity contribution in [2.45, 2.75) is 18.9 Å². The van der Waals surface area contributed by atoms with Crippen molar-refractivity contribution in [3.63, 3.8) is 0 Å². The summed E-state index contributed by atoms with van der Waals surface area (Å²) in [6.45, 7) is 0. The van der Waals surface area contributed by atoms with Gasteiger partial charge < -0.3 is 5.11 Å². The number of allylic oxidation sites excluding steroid dienone is 2. The third kappa shape index (κ3) is 2.34. The number of hydrogen-bond donors (Lipinski definition) is 1. The molecule has 0 radical (unpaired) electrons. The Bertz CT molecular complexity index is 390. The lowest BCUT2D eigenvalue weighted by Crippen LogP contribution is -2.01. The van der Waals surface area contributed by atoms with Gasteiger partial charge in [0.25, 0.3) is 0 Å². The lowest BCUT2D eigenvalue weighted by Gasteiger charge is -2.14. The summed E-state index contributed by atoms with van der Waals surface area (Å²) in [4.78, 5) is 0. The fourth-order valence-electron chi connectivity index (χ4n) is 1.67. The number of aliphatic hydroxyl groups excluding tert-OH is 1. The first-order chi connectivity index (χ1) is 7.27. The first-order valence-corrected chi connectivity index (χ1v) is 5.07. The molecule has 0 saturated heterocycles. The van der Waals surface area contributed by atoms with Crippen LogP contribution in [0.5, 0.6) is 0 Å². The van der Waals surface area contributed by atoms with E-state index in [-0.39, 0.29) is 5.82 Å². The molecular weight excluding hydrogens is 191 g/mol. The quantitative estimate of drug-likeness (QED) is 0.784. The van der Waals surface area contributed by atoms with Crippen LogP contribution in [-0.4, -0.2) is 5.11 Å². The summed E-state index contributed by atoms with van der Waals surface area (Å²) >= 11 is 0. The van der Waals surface area contributed by atoms with Gasteiger partial charge in [0.2, 0.25) is 0 Å². The van der Waals surface area contributed by atoms with Crippen molar-refractivity contribution >= 4 is 0 Å². The number of rotatable bonds is 2. The number of hydrogen-bond acceptors (Lipinski definition) is 1. The van der Waals surface area contributed by atoms with Gasteiger partial charge in [0.05, 0.1) is 0 Å². The van der Waals surface area contributed by atoms with E-state index in [0.717, 1.165) is 24.0 Å². The lowest BCUT2D eigenvalue weighted by atomic mass is 9.97. The Morgan fingerprint density at radius 3 is 2.47 bits per heavy atom. The SMILES string of the molecule is OC(C1=CCCC=C1)c1ccc(F)cc1. The third-order valence-electron chi connectivity index (χ3n) is 2.53. The summed E-state index contributed by atoms with van der Waals surface area (Å²) in [5, 5.41) is 9.99. The van der Waals surface area contributed by atoms with Gasteiger partial charge in [-0.05, 0) is 36.1 Å². The molecule has 2 heteroatoms. The van der Waals surface area contributed by atoms with Crippen molar-refractivity contribution in [1.29, 1.82) is 0 Å². The van der Waals surface area contributed by atoms with Crippen LogP contribution in [0.15, 0.2) is 48.1 Å². The van der Waals surface area contributed by atoms with Gasteiger partial charge in [-0.1, -0.05) is 30.4 Å². The molecule has 15 heavy (non-hydrogen) atoms. The second-order valence-electron chi connectivity index (χ2n) is 3.64. The highest BCUT2D eigenvalue weighted by atomic mass is 19.1. The molecule has 0 bridgehead atoms. The summed E-state index contributed by atoms with van der Waals surface area (Å²) in [6, 6.07) is 5.96. The molecule has 1 aliphatic carbocycles. The molecule has 0 aromatic heterocycles. The van der Waals surface area contributed by atoms with E-state index in [2.05, 4.69) is 0 Å². The third-order valence-corrected chi connectivity index (χ3v) is 2.53. The Morgan fingerprint density at radius 1 is 1.13 bits per heavy atom. The Labute approximate surface area is 88.6 Å². The van der Waals surface area contributed by atoms with Gasteiger partial charge in [0.1, 0.15) is 11.9 Å². The average Bonchev–Trinajstić information content (AvgIpc) is 2.30. The van der Waals surface area contributed by atoms with E-state index in [1.165, 1.54) is 12.1 Å². The first-order valence-electron chi connectivity index (χ1n) is 5.07. The van der Waals surface area contributed by atoms with Crippen LogP contribution in [0.2, 0.25) is 0 Å². The molecule has 1 unspecified atom stereocenters. The van der Waals surface area contributed by atoms with Crippen LogP contribution in [0, 0.1) is 5.82 Å². The average molecular weight is 204 g/mol. The van der Waals surface area contributed by atoms with Crippen molar-refractivity contribution < 1.29 is 9.50 Å². The molecule has 0 aliphatic heterocycles. The highest BCUT2D eigenvalue weighted by molar-refractivity contribution is 5.33. The van der Waals surface area contributed by atoms with E-state index >= 15 is 0 Å². The maximum atomic E-state index is 12.7. The highest BCUT2D eigenvalue weighted by Crippen LogP contribution is 2.25. The van der Waals surface area contributed by atoms with Crippen LogP contribution in [0.4, 0.5) is 4.39 Å². The van der Waals surface area contributed by atoms with E-state index in [1.54, 1.807) is 12.1 Å². The minimum absolute atomic E-state index is 0.279. The fourth-order valence-corrected chi connectivity index (χ4v) is 1.67. The maximum Gasteiger partial charge on any atom is 0.123 e. The van der Waals surface area contributed by atoms with Crippen molar-refractivity contribution in [3.05, 3.63) is 59.4 Å². The van der Waals surface area contributed by atoms with E-state index in [4.69, 9.17) is 0 Å². The maximum absolute atomic E-state index is 12.7. The molecule has 2 rings (SSSR count). The second-order valence-corrected chi connectivity index (χ2v) is 3.64. The first kappa shape index (κ1) is 10.1. The van der Waals surface area contributed by atoms with Crippen molar-refractivity contribution in [2.24, 2.45) is 0 Å². The van der Waals surface area contributed by atoms with Crippen molar-refractivity contribution in [1.82, 2.24) is 0 Å². The van der Waals surface area contributed by atoms with Crippen LogP contribution in [0.3, 0.4) is 0 Å². The van der Waals surface area contributed by atoms with E-state index in [9.17, 15) is 9.50 Å². The normalized spacial score (nSPS) is 17.3. The molecule has 1 aromatic rings. The van der Waals surface area contributed by atoms with Gasteiger partial charge in [0, 0.05) is 0 Å². The molecule has 1 nitrogen and oxygen atoms in total. The van der Waals surface area contributed by atoms with Crippen molar-refractivity contribution in [3.8, 4) is 0 Å². The smallest absolute Gasteiger partial charge is 0.123 e. The van der Waals surface area contributed by atoms with E-state index in [0.29, 0.717) is 0 Å². The largest absolute Gasteiger partial charge is 0.384 e. The Balaban J connectivity index is 2.20. The van der Waals surface area contributed by atoms with E-state index in [1.807, 2.05) is 18.2 Å². The molecule has 1 N–H and O–H groups in total.